The molecular formula is C15H24N4O. The lowest BCUT2D eigenvalue weighted by Gasteiger charge is -2.25. The van der Waals surface area contributed by atoms with Crippen LogP contribution in [0.5, 0.6) is 0 Å². The molecule has 3 rings (SSSR count). The molecule has 5 nitrogen and oxygen atoms in total. The first kappa shape index (κ1) is 13.6. The Bertz CT molecular complexity index is 458. The third-order valence-corrected chi connectivity index (χ3v) is 4.64. The SMILES string of the molecule is CC1CCC(CCNC(=O)c2n[nH]c(C3CC3)n2)CC1. The van der Waals surface area contributed by atoms with Crippen LogP contribution in [0.3, 0.4) is 0 Å². The predicted octanol–water partition coefficient (Wildman–Crippen LogP) is 2.63. The summed E-state index contributed by atoms with van der Waals surface area (Å²) in [7, 11) is 0. The average Bonchev–Trinajstić information content (AvgIpc) is 3.18. The topological polar surface area (TPSA) is 70.7 Å². The summed E-state index contributed by atoms with van der Waals surface area (Å²) in [6.45, 7) is 3.07. The van der Waals surface area contributed by atoms with Crippen LogP contribution in [0.4, 0.5) is 0 Å². The summed E-state index contributed by atoms with van der Waals surface area (Å²) in [4.78, 5) is 16.2. The van der Waals surface area contributed by atoms with Crippen molar-refractivity contribution in [3.05, 3.63) is 11.6 Å². The number of carbonyl (C=O) groups excluding carboxylic acids is 1. The second-order valence-electron chi connectivity index (χ2n) is 6.49. The van der Waals surface area contributed by atoms with Crippen LogP contribution >= 0.6 is 0 Å². The smallest absolute Gasteiger partial charge is 0.290 e. The summed E-state index contributed by atoms with van der Waals surface area (Å²) in [6.07, 6.45) is 8.70. The van der Waals surface area contributed by atoms with Crippen molar-refractivity contribution in [2.75, 3.05) is 6.54 Å². The van der Waals surface area contributed by atoms with Gasteiger partial charge in [-0.25, -0.2) is 4.98 Å². The number of rotatable bonds is 5. The zero-order chi connectivity index (χ0) is 13.9. The van der Waals surface area contributed by atoms with Gasteiger partial charge in [0.1, 0.15) is 5.82 Å². The molecule has 1 amide bonds. The van der Waals surface area contributed by atoms with Crippen molar-refractivity contribution >= 4 is 5.91 Å². The maximum absolute atomic E-state index is 11.9. The summed E-state index contributed by atoms with van der Waals surface area (Å²) in [5.41, 5.74) is 0. The van der Waals surface area contributed by atoms with Gasteiger partial charge in [-0.05, 0) is 31.1 Å². The van der Waals surface area contributed by atoms with Gasteiger partial charge < -0.3 is 5.32 Å². The lowest BCUT2D eigenvalue weighted by molar-refractivity contribution is 0.0939. The van der Waals surface area contributed by atoms with Gasteiger partial charge in [0.25, 0.3) is 5.91 Å². The maximum atomic E-state index is 11.9. The molecule has 0 bridgehead atoms. The van der Waals surface area contributed by atoms with Gasteiger partial charge >= 0.3 is 0 Å². The molecule has 2 saturated carbocycles. The molecule has 1 aromatic rings. The number of nitrogens with zero attached hydrogens (tertiary/aromatic N) is 2. The molecule has 2 N–H and O–H groups in total. The van der Waals surface area contributed by atoms with Crippen LogP contribution < -0.4 is 5.32 Å². The molecule has 5 heteroatoms. The van der Waals surface area contributed by atoms with E-state index in [0.717, 1.165) is 43.5 Å². The summed E-state index contributed by atoms with van der Waals surface area (Å²) < 4.78 is 0. The molecule has 110 valence electrons. The number of H-pyrrole nitrogens is 1. The zero-order valence-electron chi connectivity index (χ0n) is 12.2. The molecule has 2 fully saturated rings. The highest BCUT2D eigenvalue weighted by Crippen LogP contribution is 2.37. The van der Waals surface area contributed by atoms with Gasteiger partial charge in [0.05, 0.1) is 0 Å². The fourth-order valence-electron chi connectivity index (χ4n) is 3.00. The van der Waals surface area contributed by atoms with E-state index in [0.29, 0.717) is 11.7 Å². The van der Waals surface area contributed by atoms with Crippen molar-refractivity contribution in [2.45, 2.75) is 57.8 Å². The summed E-state index contributed by atoms with van der Waals surface area (Å²) >= 11 is 0. The van der Waals surface area contributed by atoms with Gasteiger partial charge in [-0.1, -0.05) is 32.6 Å². The minimum absolute atomic E-state index is 0.141. The summed E-state index contributed by atoms with van der Waals surface area (Å²) in [5.74, 6) is 3.20. The number of aromatic nitrogens is 3. The number of hydrogen-bond acceptors (Lipinski definition) is 3. The fourth-order valence-corrected chi connectivity index (χ4v) is 3.00. The zero-order valence-corrected chi connectivity index (χ0v) is 12.2. The first-order valence-corrected chi connectivity index (χ1v) is 7.93. The lowest BCUT2D eigenvalue weighted by Crippen LogP contribution is -2.27. The minimum atomic E-state index is -0.141. The Labute approximate surface area is 119 Å². The van der Waals surface area contributed by atoms with Gasteiger partial charge in [0.15, 0.2) is 0 Å². The average molecular weight is 276 g/mol. The Morgan fingerprint density at radius 1 is 1.25 bits per heavy atom. The van der Waals surface area contributed by atoms with Crippen molar-refractivity contribution in [1.29, 1.82) is 0 Å². The van der Waals surface area contributed by atoms with Gasteiger partial charge in [0, 0.05) is 12.5 Å². The molecule has 0 aliphatic heterocycles. The monoisotopic (exact) mass is 276 g/mol. The minimum Gasteiger partial charge on any atom is -0.349 e. The Hall–Kier alpha value is -1.39. The molecule has 2 aliphatic carbocycles. The van der Waals surface area contributed by atoms with Crippen LogP contribution in [-0.2, 0) is 0 Å². The van der Waals surface area contributed by atoms with Crippen LogP contribution in [-0.4, -0.2) is 27.6 Å². The molecule has 1 heterocycles. The molecule has 0 unspecified atom stereocenters. The van der Waals surface area contributed by atoms with Crippen LogP contribution in [0.2, 0.25) is 0 Å². The second-order valence-corrected chi connectivity index (χ2v) is 6.49. The first-order valence-electron chi connectivity index (χ1n) is 7.93. The van der Waals surface area contributed by atoms with Crippen LogP contribution in [0.25, 0.3) is 0 Å². The molecule has 0 radical (unpaired) electrons. The molecule has 2 aliphatic rings. The van der Waals surface area contributed by atoms with E-state index in [4.69, 9.17) is 0 Å². The van der Waals surface area contributed by atoms with E-state index in [9.17, 15) is 4.79 Å². The van der Waals surface area contributed by atoms with E-state index >= 15 is 0 Å². The lowest BCUT2D eigenvalue weighted by atomic mass is 9.81. The van der Waals surface area contributed by atoms with Gasteiger partial charge in [-0.2, -0.15) is 0 Å². The molecule has 0 saturated heterocycles. The number of amides is 1. The highest BCUT2D eigenvalue weighted by atomic mass is 16.2. The van der Waals surface area contributed by atoms with Gasteiger partial charge in [-0.15, -0.1) is 5.10 Å². The predicted molar refractivity (Wildman–Crippen MR) is 76.4 cm³/mol. The first-order chi connectivity index (χ1) is 9.72. The maximum Gasteiger partial charge on any atom is 0.290 e. The summed E-state index contributed by atoms with van der Waals surface area (Å²) in [5, 5.41) is 9.82. The fraction of sp³-hybridized carbons (Fsp3) is 0.800. The van der Waals surface area contributed by atoms with Crippen molar-refractivity contribution in [3.8, 4) is 0 Å². The Kier molecular flexibility index (Phi) is 4.03. The second kappa shape index (κ2) is 5.94. The Morgan fingerprint density at radius 2 is 2.00 bits per heavy atom. The Balaban J connectivity index is 1.40. The largest absolute Gasteiger partial charge is 0.349 e. The van der Waals surface area contributed by atoms with Gasteiger partial charge in [-0.3, -0.25) is 9.89 Å². The van der Waals surface area contributed by atoms with E-state index < -0.39 is 0 Å². The van der Waals surface area contributed by atoms with E-state index in [1.807, 2.05) is 0 Å². The summed E-state index contributed by atoms with van der Waals surface area (Å²) in [6, 6.07) is 0. The standard InChI is InChI=1S/C15H24N4O/c1-10-2-4-11(5-3-10)8-9-16-15(20)14-17-13(18-19-14)12-6-7-12/h10-12H,2-9H2,1H3,(H,16,20)(H,17,18,19). The highest BCUT2D eigenvalue weighted by molar-refractivity contribution is 5.90. The van der Waals surface area contributed by atoms with Crippen LogP contribution in [0, 0.1) is 11.8 Å². The molecule has 0 atom stereocenters. The molecule has 0 spiro atoms. The van der Waals surface area contributed by atoms with Crippen molar-refractivity contribution in [1.82, 2.24) is 20.5 Å². The molecule has 0 aromatic carbocycles. The quantitative estimate of drug-likeness (QED) is 0.868. The molecular weight excluding hydrogens is 252 g/mol. The highest BCUT2D eigenvalue weighted by Gasteiger charge is 2.28. The Morgan fingerprint density at radius 3 is 2.70 bits per heavy atom. The van der Waals surface area contributed by atoms with Crippen LogP contribution in [0.15, 0.2) is 0 Å². The third kappa shape index (κ3) is 3.38. The van der Waals surface area contributed by atoms with E-state index in [1.54, 1.807) is 0 Å². The van der Waals surface area contributed by atoms with Gasteiger partial charge in [0.2, 0.25) is 5.82 Å². The number of nitrogens with one attached hydrogen (secondary N) is 2. The van der Waals surface area contributed by atoms with Crippen molar-refractivity contribution < 1.29 is 4.79 Å². The van der Waals surface area contributed by atoms with E-state index in [2.05, 4.69) is 27.4 Å². The molecule has 1 aromatic heterocycles. The third-order valence-electron chi connectivity index (χ3n) is 4.64. The number of hydrogen-bond donors (Lipinski definition) is 2. The number of carbonyl (C=O) groups is 1. The number of aromatic amines is 1. The van der Waals surface area contributed by atoms with E-state index in [1.165, 1.54) is 25.7 Å². The van der Waals surface area contributed by atoms with Crippen molar-refractivity contribution in [3.63, 3.8) is 0 Å². The van der Waals surface area contributed by atoms with Crippen molar-refractivity contribution in [2.24, 2.45) is 11.8 Å². The van der Waals surface area contributed by atoms with E-state index in [-0.39, 0.29) is 5.91 Å². The van der Waals surface area contributed by atoms with Crippen LogP contribution in [0.1, 0.15) is 74.2 Å². The normalized spacial score (nSPS) is 26.4. The molecule has 20 heavy (non-hydrogen) atoms.